The summed E-state index contributed by atoms with van der Waals surface area (Å²) in [6, 6.07) is 0. The van der Waals surface area contributed by atoms with Crippen molar-refractivity contribution >= 4 is 5.71 Å². The van der Waals surface area contributed by atoms with Crippen LogP contribution in [-0.2, 0) is 0 Å². The molecule has 0 aliphatic carbocycles. The Kier molecular flexibility index (Phi) is 0.951. The van der Waals surface area contributed by atoms with Gasteiger partial charge in [0.1, 0.15) is 6.17 Å². The second-order valence-corrected chi connectivity index (χ2v) is 2.87. The van der Waals surface area contributed by atoms with Crippen LogP contribution in [0.15, 0.2) is 16.8 Å². The average molecular weight is 137 g/mol. The fourth-order valence-electron chi connectivity index (χ4n) is 1.44. The Hall–Kier alpha value is -0.830. The number of hydrogen-bond donors (Lipinski definition) is 1. The summed E-state index contributed by atoms with van der Waals surface area (Å²) in [4.78, 5) is 6.43. The van der Waals surface area contributed by atoms with E-state index in [0.717, 1.165) is 5.71 Å². The second kappa shape index (κ2) is 1.61. The molecule has 1 saturated heterocycles. The van der Waals surface area contributed by atoms with Gasteiger partial charge in [0, 0.05) is 11.4 Å². The number of rotatable bonds is 0. The maximum atomic E-state index is 5.70. The van der Waals surface area contributed by atoms with Gasteiger partial charge in [-0.3, -0.25) is 4.99 Å². The number of nitrogens with zero attached hydrogens (tertiary/aromatic N) is 2. The van der Waals surface area contributed by atoms with Crippen LogP contribution in [0.1, 0.15) is 13.8 Å². The maximum absolute atomic E-state index is 5.70. The van der Waals surface area contributed by atoms with E-state index in [9.17, 15) is 0 Å². The molecule has 0 aromatic heterocycles. The van der Waals surface area contributed by atoms with E-state index >= 15 is 0 Å². The van der Waals surface area contributed by atoms with Gasteiger partial charge in [-0.1, -0.05) is 0 Å². The molecule has 3 nitrogen and oxygen atoms in total. The van der Waals surface area contributed by atoms with Gasteiger partial charge in [-0.25, -0.2) is 0 Å². The van der Waals surface area contributed by atoms with Gasteiger partial charge in [0.2, 0.25) is 0 Å². The van der Waals surface area contributed by atoms with Gasteiger partial charge in [-0.2, -0.15) is 0 Å². The second-order valence-electron chi connectivity index (χ2n) is 2.87. The molecule has 2 heterocycles. The smallest absolute Gasteiger partial charge is 0.156 e. The van der Waals surface area contributed by atoms with Crippen LogP contribution in [-0.4, -0.2) is 22.9 Å². The number of hydrogen-bond acceptors (Lipinski definition) is 3. The first-order valence-electron chi connectivity index (χ1n) is 3.47. The Morgan fingerprint density at radius 2 is 2.30 bits per heavy atom. The van der Waals surface area contributed by atoms with E-state index in [1.165, 1.54) is 5.70 Å². The van der Waals surface area contributed by atoms with Crippen molar-refractivity contribution in [1.82, 2.24) is 4.90 Å². The van der Waals surface area contributed by atoms with Crippen molar-refractivity contribution in [2.24, 2.45) is 10.7 Å². The highest BCUT2D eigenvalue weighted by Gasteiger charge is 2.46. The summed E-state index contributed by atoms with van der Waals surface area (Å²) in [5, 5.41) is 0. The largest absolute Gasteiger partial charge is 0.331 e. The summed E-state index contributed by atoms with van der Waals surface area (Å²) in [5.74, 6) is 0. The molecule has 0 amide bonds. The van der Waals surface area contributed by atoms with Crippen LogP contribution < -0.4 is 5.73 Å². The highest BCUT2D eigenvalue weighted by molar-refractivity contribution is 5.94. The van der Waals surface area contributed by atoms with Gasteiger partial charge >= 0.3 is 0 Å². The molecule has 0 radical (unpaired) electrons. The molecule has 0 aromatic rings. The van der Waals surface area contributed by atoms with Crippen molar-refractivity contribution in [2.45, 2.75) is 26.2 Å². The first kappa shape index (κ1) is 5.92. The molecule has 0 spiro atoms. The van der Waals surface area contributed by atoms with Gasteiger partial charge in [0.05, 0.1) is 0 Å². The predicted molar refractivity (Wildman–Crippen MR) is 40.5 cm³/mol. The maximum Gasteiger partial charge on any atom is 0.156 e. The summed E-state index contributed by atoms with van der Waals surface area (Å²) in [6.45, 7) is 4.07. The molecule has 2 atom stereocenters. The van der Waals surface area contributed by atoms with Crippen LogP contribution in [0, 0.1) is 0 Å². The molecule has 0 saturated carbocycles. The normalized spacial score (nSPS) is 36.5. The number of allylic oxidation sites excluding steroid dienone is 2. The SMILES string of the molecule is CC1=CC(C)=NC2[C@@H](N)N12. The minimum absolute atomic E-state index is 0.147. The van der Waals surface area contributed by atoms with E-state index in [4.69, 9.17) is 5.73 Å². The van der Waals surface area contributed by atoms with Crippen LogP contribution in [0.3, 0.4) is 0 Å². The molecular formula is C7H11N3. The first-order valence-corrected chi connectivity index (χ1v) is 3.47. The van der Waals surface area contributed by atoms with E-state index in [-0.39, 0.29) is 12.3 Å². The lowest BCUT2D eigenvalue weighted by Crippen LogP contribution is -2.09. The average Bonchev–Trinajstić information content (AvgIpc) is 2.42. The van der Waals surface area contributed by atoms with Crippen molar-refractivity contribution in [3.8, 4) is 0 Å². The van der Waals surface area contributed by atoms with Gasteiger partial charge in [-0.15, -0.1) is 0 Å². The topological polar surface area (TPSA) is 41.4 Å². The van der Waals surface area contributed by atoms with Gasteiger partial charge in [-0.05, 0) is 19.9 Å². The summed E-state index contributed by atoms with van der Waals surface area (Å²) in [6.07, 6.45) is 2.46. The monoisotopic (exact) mass is 137 g/mol. The van der Waals surface area contributed by atoms with E-state index in [1.54, 1.807) is 0 Å². The van der Waals surface area contributed by atoms with Crippen LogP contribution in [0.4, 0.5) is 0 Å². The molecule has 1 unspecified atom stereocenters. The molecule has 10 heavy (non-hydrogen) atoms. The zero-order chi connectivity index (χ0) is 7.30. The number of nitrogens with two attached hydrogens (primary N) is 1. The Labute approximate surface area is 60.2 Å². The first-order chi connectivity index (χ1) is 4.70. The molecular weight excluding hydrogens is 126 g/mol. The Balaban J connectivity index is 2.31. The predicted octanol–water partition coefficient (Wildman–Crippen LogP) is 0.291. The quantitative estimate of drug-likeness (QED) is 0.487. The molecule has 54 valence electrons. The molecule has 0 bridgehead atoms. The molecule has 2 N–H and O–H groups in total. The summed E-state index contributed by atoms with van der Waals surface area (Å²) >= 11 is 0. The molecule has 2 aliphatic rings. The number of aliphatic imine (C=N–C) groups is 1. The van der Waals surface area contributed by atoms with E-state index in [0.29, 0.717) is 0 Å². The molecule has 3 heteroatoms. The summed E-state index contributed by atoms with van der Waals surface area (Å²) in [7, 11) is 0. The van der Waals surface area contributed by atoms with E-state index < -0.39 is 0 Å². The zero-order valence-corrected chi connectivity index (χ0v) is 6.20. The van der Waals surface area contributed by atoms with Crippen LogP contribution in [0.5, 0.6) is 0 Å². The Bertz CT molecular complexity index is 229. The Morgan fingerprint density at radius 1 is 1.60 bits per heavy atom. The molecule has 2 rings (SSSR count). The summed E-state index contributed by atoms with van der Waals surface area (Å²) in [5.41, 5.74) is 8.03. The van der Waals surface area contributed by atoms with Crippen molar-refractivity contribution < 1.29 is 0 Å². The minimum atomic E-state index is 0.147. The third kappa shape index (κ3) is 0.609. The summed E-state index contributed by atoms with van der Waals surface area (Å²) < 4.78 is 0. The van der Waals surface area contributed by atoms with Gasteiger partial charge in [0.25, 0.3) is 0 Å². The van der Waals surface area contributed by atoms with Crippen molar-refractivity contribution in [2.75, 3.05) is 0 Å². The number of fused-ring (bicyclic) bond motifs is 1. The third-order valence-electron chi connectivity index (χ3n) is 1.98. The van der Waals surface area contributed by atoms with Crippen molar-refractivity contribution in [3.63, 3.8) is 0 Å². The highest BCUT2D eigenvalue weighted by Crippen LogP contribution is 2.33. The fraction of sp³-hybridized carbons (Fsp3) is 0.571. The Morgan fingerprint density at radius 3 is 2.90 bits per heavy atom. The van der Waals surface area contributed by atoms with Crippen LogP contribution in [0.2, 0.25) is 0 Å². The van der Waals surface area contributed by atoms with E-state index in [2.05, 4.69) is 22.9 Å². The van der Waals surface area contributed by atoms with Crippen molar-refractivity contribution in [3.05, 3.63) is 11.8 Å². The lowest BCUT2D eigenvalue weighted by Gasteiger charge is -2.07. The van der Waals surface area contributed by atoms with Crippen LogP contribution >= 0.6 is 0 Å². The molecule has 0 aromatic carbocycles. The molecule has 1 fully saturated rings. The van der Waals surface area contributed by atoms with Crippen molar-refractivity contribution in [1.29, 1.82) is 0 Å². The fourth-order valence-corrected chi connectivity index (χ4v) is 1.44. The lowest BCUT2D eigenvalue weighted by molar-refractivity contribution is 0.592. The van der Waals surface area contributed by atoms with Gasteiger partial charge < -0.3 is 10.6 Å². The lowest BCUT2D eigenvalue weighted by atomic mass is 10.3. The minimum Gasteiger partial charge on any atom is -0.331 e. The zero-order valence-electron chi connectivity index (χ0n) is 6.20. The van der Waals surface area contributed by atoms with E-state index in [1.807, 2.05) is 6.92 Å². The molecule has 2 aliphatic heterocycles. The standard InChI is InChI=1S/C7H11N3/c1-4-3-5(2)10-6(8)7(10)9-4/h3,6-7H,8H2,1-2H3/t6-,7?,10?/m0/s1. The highest BCUT2D eigenvalue weighted by atomic mass is 15.5. The van der Waals surface area contributed by atoms with Gasteiger partial charge in [0.15, 0.2) is 6.17 Å². The third-order valence-corrected chi connectivity index (χ3v) is 1.98. The van der Waals surface area contributed by atoms with Crippen LogP contribution in [0.25, 0.3) is 0 Å².